The lowest BCUT2D eigenvalue weighted by Gasteiger charge is -2.12. The molecule has 1 fully saturated rings. The summed E-state index contributed by atoms with van der Waals surface area (Å²) in [7, 11) is 4.56. The van der Waals surface area contributed by atoms with Gasteiger partial charge in [-0.05, 0) is 25.0 Å². The minimum atomic E-state index is -0.613. The van der Waals surface area contributed by atoms with Crippen LogP contribution in [0.3, 0.4) is 0 Å². The van der Waals surface area contributed by atoms with Gasteiger partial charge in [-0.25, -0.2) is 4.79 Å². The monoisotopic (exact) mass is 335 g/mol. The highest BCUT2D eigenvalue weighted by molar-refractivity contribution is 5.90. The molecule has 1 amide bonds. The molecule has 0 spiro atoms. The van der Waals surface area contributed by atoms with Crippen molar-refractivity contribution in [2.24, 2.45) is 0 Å². The van der Waals surface area contributed by atoms with Crippen LogP contribution in [0.15, 0.2) is 18.2 Å². The van der Waals surface area contributed by atoms with Gasteiger partial charge < -0.3 is 24.3 Å². The van der Waals surface area contributed by atoms with Crippen LogP contribution < -0.4 is 19.5 Å². The number of ether oxygens (including phenoxy) is 4. The van der Waals surface area contributed by atoms with Gasteiger partial charge in [0.25, 0.3) is 5.91 Å². The molecule has 0 saturated heterocycles. The maximum Gasteiger partial charge on any atom is 0.331 e. The number of amides is 1. The predicted molar refractivity (Wildman–Crippen MR) is 87.3 cm³/mol. The van der Waals surface area contributed by atoms with Crippen LogP contribution in [0.1, 0.15) is 18.4 Å². The first-order valence-corrected chi connectivity index (χ1v) is 7.51. The van der Waals surface area contributed by atoms with E-state index in [1.54, 1.807) is 12.1 Å². The Morgan fingerprint density at radius 2 is 1.71 bits per heavy atom. The third-order valence-electron chi connectivity index (χ3n) is 3.42. The summed E-state index contributed by atoms with van der Waals surface area (Å²) >= 11 is 0. The van der Waals surface area contributed by atoms with Crippen molar-refractivity contribution in [1.82, 2.24) is 5.32 Å². The van der Waals surface area contributed by atoms with Crippen molar-refractivity contribution < 1.29 is 28.5 Å². The van der Waals surface area contributed by atoms with E-state index in [2.05, 4.69) is 5.32 Å². The molecule has 0 bridgehead atoms. The van der Waals surface area contributed by atoms with Crippen molar-refractivity contribution in [3.8, 4) is 17.2 Å². The number of hydrogen-bond donors (Lipinski definition) is 1. The van der Waals surface area contributed by atoms with Crippen molar-refractivity contribution in [1.29, 1.82) is 0 Å². The molecule has 24 heavy (non-hydrogen) atoms. The summed E-state index contributed by atoms with van der Waals surface area (Å²) in [4.78, 5) is 23.2. The fraction of sp³-hybridized carbons (Fsp3) is 0.412. The Hall–Kier alpha value is -2.70. The van der Waals surface area contributed by atoms with E-state index in [9.17, 15) is 9.59 Å². The van der Waals surface area contributed by atoms with Gasteiger partial charge >= 0.3 is 5.97 Å². The second kappa shape index (κ2) is 8.24. The lowest BCUT2D eigenvalue weighted by Crippen LogP contribution is -2.30. The summed E-state index contributed by atoms with van der Waals surface area (Å²) < 4.78 is 20.6. The van der Waals surface area contributed by atoms with E-state index in [0.29, 0.717) is 22.8 Å². The Balaban J connectivity index is 1.98. The summed E-state index contributed by atoms with van der Waals surface area (Å²) in [6.07, 6.45) is 4.73. The molecule has 0 radical (unpaired) electrons. The second-order valence-electron chi connectivity index (χ2n) is 5.23. The summed E-state index contributed by atoms with van der Waals surface area (Å²) in [5, 5.41) is 2.74. The van der Waals surface area contributed by atoms with Crippen LogP contribution in [0.4, 0.5) is 0 Å². The van der Waals surface area contributed by atoms with E-state index in [0.717, 1.165) is 12.8 Å². The van der Waals surface area contributed by atoms with Gasteiger partial charge in [0.1, 0.15) is 5.75 Å². The number of esters is 1. The smallest absolute Gasteiger partial charge is 0.331 e. The molecule has 2 rings (SSSR count). The van der Waals surface area contributed by atoms with Crippen LogP contribution >= 0.6 is 0 Å². The third kappa shape index (κ3) is 4.91. The van der Waals surface area contributed by atoms with E-state index in [1.807, 2.05) is 0 Å². The molecule has 7 heteroatoms. The normalized spacial score (nSPS) is 13.5. The molecule has 1 saturated carbocycles. The van der Waals surface area contributed by atoms with Crippen molar-refractivity contribution in [3.05, 3.63) is 23.8 Å². The Kier molecular flexibility index (Phi) is 6.06. The molecule has 130 valence electrons. The molecule has 0 atom stereocenters. The molecular weight excluding hydrogens is 314 g/mol. The molecule has 1 aliphatic rings. The summed E-state index contributed by atoms with van der Waals surface area (Å²) in [6.45, 7) is -0.289. The topological polar surface area (TPSA) is 83.1 Å². The Morgan fingerprint density at radius 3 is 2.29 bits per heavy atom. The average Bonchev–Trinajstić information content (AvgIpc) is 3.41. The molecule has 0 aliphatic heterocycles. The van der Waals surface area contributed by atoms with Crippen LogP contribution in [0.2, 0.25) is 0 Å². The molecule has 1 aromatic rings. The van der Waals surface area contributed by atoms with E-state index in [4.69, 9.17) is 18.9 Å². The number of nitrogens with one attached hydrogen (secondary N) is 1. The molecular formula is C17H21NO6. The van der Waals surface area contributed by atoms with Gasteiger partial charge in [-0.15, -0.1) is 0 Å². The lowest BCUT2D eigenvalue weighted by atomic mass is 10.1. The lowest BCUT2D eigenvalue weighted by molar-refractivity contribution is -0.143. The van der Waals surface area contributed by atoms with Crippen molar-refractivity contribution in [3.63, 3.8) is 0 Å². The second-order valence-corrected chi connectivity index (χ2v) is 5.23. The highest BCUT2D eigenvalue weighted by Crippen LogP contribution is 2.35. The first-order valence-electron chi connectivity index (χ1n) is 7.51. The standard InChI is InChI=1S/C17H21NO6/c1-21-13-9-15(23-3)14(22-2)8-11(13)4-7-17(20)24-10-16(19)18-12-5-6-12/h4,7-9,12H,5-6,10H2,1-3H3,(H,18,19)/b7-4+. The molecule has 1 N–H and O–H groups in total. The molecule has 0 aromatic heterocycles. The van der Waals surface area contributed by atoms with Gasteiger partial charge in [-0.1, -0.05) is 0 Å². The highest BCUT2D eigenvalue weighted by Gasteiger charge is 2.23. The fourth-order valence-corrected chi connectivity index (χ4v) is 2.02. The third-order valence-corrected chi connectivity index (χ3v) is 3.42. The predicted octanol–water partition coefficient (Wildman–Crippen LogP) is 1.55. The zero-order valence-corrected chi connectivity index (χ0v) is 14.0. The fourth-order valence-electron chi connectivity index (χ4n) is 2.02. The number of carbonyl (C=O) groups is 2. The van der Waals surface area contributed by atoms with Gasteiger partial charge in [-0.2, -0.15) is 0 Å². The van der Waals surface area contributed by atoms with Crippen LogP contribution in [-0.2, 0) is 14.3 Å². The Labute approximate surface area is 140 Å². The number of rotatable bonds is 8. The molecule has 1 aliphatic carbocycles. The average molecular weight is 335 g/mol. The van der Waals surface area contributed by atoms with E-state index in [-0.39, 0.29) is 18.6 Å². The first kappa shape index (κ1) is 17.7. The van der Waals surface area contributed by atoms with Crippen molar-refractivity contribution >= 4 is 18.0 Å². The van der Waals surface area contributed by atoms with Crippen molar-refractivity contribution in [2.45, 2.75) is 18.9 Å². The minimum absolute atomic E-state index is 0.239. The Morgan fingerprint density at radius 1 is 1.08 bits per heavy atom. The number of hydrogen-bond acceptors (Lipinski definition) is 6. The largest absolute Gasteiger partial charge is 0.496 e. The number of methoxy groups -OCH3 is 3. The van der Waals surface area contributed by atoms with Crippen LogP contribution in [0, 0.1) is 0 Å². The molecule has 1 aromatic carbocycles. The van der Waals surface area contributed by atoms with Crippen LogP contribution in [0.25, 0.3) is 6.08 Å². The zero-order valence-electron chi connectivity index (χ0n) is 14.0. The van der Waals surface area contributed by atoms with E-state index in [1.165, 1.54) is 33.5 Å². The van der Waals surface area contributed by atoms with Gasteiger partial charge in [0.05, 0.1) is 21.3 Å². The molecule has 0 unspecified atom stereocenters. The zero-order chi connectivity index (χ0) is 17.5. The van der Waals surface area contributed by atoms with Crippen LogP contribution in [0.5, 0.6) is 17.2 Å². The van der Waals surface area contributed by atoms with Gasteiger partial charge in [0.2, 0.25) is 0 Å². The van der Waals surface area contributed by atoms with Crippen molar-refractivity contribution in [2.75, 3.05) is 27.9 Å². The van der Waals surface area contributed by atoms with Gasteiger partial charge in [0, 0.05) is 23.7 Å². The minimum Gasteiger partial charge on any atom is -0.496 e. The highest BCUT2D eigenvalue weighted by atomic mass is 16.5. The first-order chi connectivity index (χ1) is 11.6. The summed E-state index contributed by atoms with van der Waals surface area (Å²) in [6, 6.07) is 3.58. The molecule has 7 nitrogen and oxygen atoms in total. The van der Waals surface area contributed by atoms with Crippen LogP contribution in [-0.4, -0.2) is 45.9 Å². The van der Waals surface area contributed by atoms with E-state index >= 15 is 0 Å². The maximum absolute atomic E-state index is 11.7. The number of carbonyl (C=O) groups excluding carboxylic acids is 2. The quantitative estimate of drug-likeness (QED) is 0.573. The summed E-state index contributed by atoms with van der Waals surface area (Å²) in [5.74, 6) is 0.643. The van der Waals surface area contributed by atoms with Gasteiger partial charge in [0.15, 0.2) is 18.1 Å². The molecule has 0 heterocycles. The number of benzene rings is 1. The maximum atomic E-state index is 11.7. The SMILES string of the molecule is COc1cc(OC)c(OC)cc1/C=C/C(=O)OCC(=O)NC1CC1. The Bertz CT molecular complexity index is 636. The summed E-state index contributed by atoms with van der Waals surface area (Å²) in [5.41, 5.74) is 0.620. The van der Waals surface area contributed by atoms with Gasteiger partial charge in [-0.3, -0.25) is 4.79 Å². The van der Waals surface area contributed by atoms with E-state index < -0.39 is 5.97 Å².